The molecule has 0 spiro atoms. The third-order valence-electron chi connectivity index (χ3n) is 3.29. The second-order valence-corrected chi connectivity index (χ2v) is 5.25. The average molecular weight is 315 g/mol. The van der Waals surface area contributed by atoms with Crippen molar-refractivity contribution in [3.05, 3.63) is 53.2 Å². The molecule has 7 heteroatoms. The fourth-order valence-corrected chi connectivity index (χ4v) is 2.39. The first-order chi connectivity index (χ1) is 10.7. The van der Waals surface area contributed by atoms with Crippen LogP contribution in [0.3, 0.4) is 0 Å². The van der Waals surface area contributed by atoms with Gasteiger partial charge in [0, 0.05) is 11.6 Å². The minimum absolute atomic E-state index is 0.518. The lowest BCUT2D eigenvalue weighted by atomic mass is 10.2. The number of fused-ring (bicyclic) bond motifs is 1. The number of anilines is 1. The van der Waals surface area contributed by atoms with Gasteiger partial charge in [0.2, 0.25) is 0 Å². The van der Waals surface area contributed by atoms with Crippen LogP contribution in [0.4, 0.5) is 5.82 Å². The van der Waals surface area contributed by atoms with Crippen LogP contribution in [-0.4, -0.2) is 31.7 Å². The Balaban J connectivity index is 2.08. The zero-order valence-corrected chi connectivity index (χ0v) is 12.9. The van der Waals surface area contributed by atoms with Gasteiger partial charge in [-0.15, -0.1) is 16.8 Å². The van der Waals surface area contributed by atoms with Gasteiger partial charge >= 0.3 is 0 Å². The number of nitrogens with zero attached hydrogens (tertiary/aromatic N) is 5. The molecular weight excluding hydrogens is 300 g/mol. The Labute approximate surface area is 132 Å². The average Bonchev–Trinajstić information content (AvgIpc) is 2.94. The summed E-state index contributed by atoms with van der Waals surface area (Å²) in [5, 5.41) is 20.6. The van der Waals surface area contributed by atoms with Crippen LogP contribution >= 0.6 is 11.6 Å². The van der Waals surface area contributed by atoms with Crippen molar-refractivity contribution in [3.8, 4) is 0 Å². The molecule has 0 saturated heterocycles. The van der Waals surface area contributed by atoms with E-state index in [0.29, 0.717) is 23.9 Å². The molecule has 0 fully saturated rings. The van der Waals surface area contributed by atoms with Gasteiger partial charge in [-0.05, 0) is 18.6 Å². The summed E-state index contributed by atoms with van der Waals surface area (Å²) >= 11 is 6.23. The minimum atomic E-state index is 0.518. The number of aryl methyl sites for hydroxylation is 1. The van der Waals surface area contributed by atoms with Crippen LogP contribution in [0.1, 0.15) is 11.3 Å². The summed E-state index contributed by atoms with van der Waals surface area (Å²) in [7, 11) is 0. The summed E-state index contributed by atoms with van der Waals surface area (Å²) in [6.07, 6.45) is 1.76. The molecule has 0 amide bonds. The maximum Gasteiger partial charge on any atom is 0.176 e. The van der Waals surface area contributed by atoms with E-state index in [0.717, 1.165) is 22.3 Å². The van der Waals surface area contributed by atoms with E-state index in [1.54, 1.807) is 10.8 Å². The largest absolute Gasteiger partial charge is 0.363 e. The maximum absolute atomic E-state index is 6.23. The zero-order chi connectivity index (χ0) is 15.5. The molecule has 1 N–H and O–H groups in total. The predicted molar refractivity (Wildman–Crippen MR) is 87.1 cm³/mol. The Morgan fingerprint density at radius 2 is 2.09 bits per heavy atom. The minimum Gasteiger partial charge on any atom is -0.363 e. The summed E-state index contributed by atoms with van der Waals surface area (Å²) in [5.41, 5.74) is 3.26. The van der Waals surface area contributed by atoms with Crippen molar-refractivity contribution in [1.29, 1.82) is 0 Å². The highest BCUT2D eigenvalue weighted by atomic mass is 35.5. The molecule has 22 heavy (non-hydrogen) atoms. The van der Waals surface area contributed by atoms with Gasteiger partial charge in [0.25, 0.3) is 0 Å². The summed E-state index contributed by atoms with van der Waals surface area (Å²) in [6, 6.07) is 7.67. The fourth-order valence-electron chi connectivity index (χ4n) is 2.20. The second kappa shape index (κ2) is 6.11. The van der Waals surface area contributed by atoms with E-state index in [4.69, 9.17) is 11.6 Å². The van der Waals surface area contributed by atoms with E-state index in [9.17, 15) is 0 Å². The first-order valence-corrected chi connectivity index (χ1v) is 7.23. The van der Waals surface area contributed by atoms with Gasteiger partial charge in [0.1, 0.15) is 11.0 Å². The molecule has 0 aliphatic carbocycles. The smallest absolute Gasteiger partial charge is 0.176 e. The number of rotatable bonds is 5. The van der Waals surface area contributed by atoms with Crippen molar-refractivity contribution in [2.75, 3.05) is 11.9 Å². The first-order valence-electron chi connectivity index (χ1n) is 6.85. The predicted octanol–water partition coefficient (Wildman–Crippen LogP) is 2.83. The van der Waals surface area contributed by atoms with Gasteiger partial charge in [-0.3, -0.25) is 0 Å². The van der Waals surface area contributed by atoms with Crippen molar-refractivity contribution < 1.29 is 0 Å². The van der Waals surface area contributed by atoms with Crippen molar-refractivity contribution in [2.45, 2.75) is 13.5 Å². The highest BCUT2D eigenvalue weighted by Gasteiger charge is 2.15. The second-order valence-electron chi connectivity index (χ2n) is 4.84. The summed E-state index contributed by atoms with van der Waals surface area (Å²) in [4.78, 5) is 0. The Kier molecular flexibility index (Phi) is 4.02. The Bertz CT molecular complexity index is 826. The lowest BCUT2D eigenvalue weighted by Crippen LogP contribution is -2.08. The van der Waals surface area contributed by atoms with Crippen molar-refractivity contribution >= 4 is 28.5 Å². The monoisotopic (exact) mass is 314 g/mol. The molecule has 3 rings (SSSR count). The number of hydrogen-bond donors (Lipinski definition) is 1. The molecule has 2 heterocycles. The van der Waals surface area contributed by atoms with Crippen molar-refractivity contribution in [2.24, 2.45) is 0 Å². The standard InChI is InChI=1S/C15H15ClN6/c1-3-8-17-15-14-13(10(2)18-20-15)19-21-22(14)9-11-6-4-5-7-12(11)16/h3-7H,1,8-9H2,2H3,(H,17,20). The van der Waals surface area contributed by atoms with E-state index < -0.39 is 0 Å². The molecule has 0 bridgehead atoms. The van der Waals surface area contributed by atoms with Gasteiger partial charge in [-0.25, -0.2) is 4.68 Å². The van der Waals surface area contributed by atoms with Crippen LogP contribution in [0, 0.1) is 6.92 Å². The molecular formula is C15H15ClN6. The Hall–Kier alpha value is -2.47. The molecule has 6 nitrogen and oxygen atoms in total. The van der Waals surface area contributed by atoms with E-state index in [1.807, 2.05) is 31.2 Å². The number of aromatic nitrogens is 5. The first kappa shape index (κ1) is 14.5. The van der Waals surface area contributed by atoms with Gasteiger partial charge in [0.15, 0.2) is 5.82 Å². The van der Waals surface area contributed by atoms with Crippen molar-refractivity contribution in [3.63, 3.8) is 0 Å². The lowest BCUT2D eigenvalue weighted by molar-refractivity contribution is 0.669. The molecule has 3 aromatic rings. The third kappa shape index (κ3) is 2.65. The molecule has 0 aliphatic heterocycles. The molecule has 2 aromatic heterocycles. The Morgan fingerprint density at radius 3 is 2.86 bits per heavy atom. The van der Waals surface area contributed by atoms with Gasteiger partial charge in [-0.1, -0.05) is 41.1 Å². The molecule has 0 saturated carbocycles. The van der Waals surface area contributed by atoms with Gasteiger partial charge in [-0.2, -0.15) is 5.10 Å². The summed E-state index contributed by atoms with van der Waals surface area (Å²) in [6.45, 7) is 6.66. The van der Waals surface area contributed by atoms with E-state index >= 15 is 0 Å². The van der Waals surface area contributed by atoms with Crippen LogP contribution in [-0.2, 0) is 6.54 Å². The lowest BCUT2D eigenvalue weighted by Gasteiger charge is -2.08. The topological polar surface area (TPSA) is 68.5 Å². The van der Waals surface area contributed by atoms with Gasteiger partial charge < -0.3 is 5.32 Å². The number of hydrogen-bond acceptors (Lipinski definition) is 5. The molecule has 112 valence electrons. The zero-order valence-electron chi connectivity index (χ0n) is 12.1. The fraction of sp³-hybridized carbons (Fsp3) is 0.200. The number of benzene rings is 1. The molecule has 1 aromatic carbocycles. The summed E-state index contributed by atoms with van der Waals surface area (Å²) in [5.74, 6) is 0.637. The highest BCUT2D eigenvalue weighted by Crippen LogP contribution is 2.23. The van der Waals surface area contributed by atoms with E-state index in [-0.39, 0.29) is 0 Å². The Morgan fingerprint density at radius 1 is 1.27 bits per heavy atom. The normalized spacial score (nSPS) is 10.8. The molecule has 0 aliphatic rings. The van der Waals surface area contributed by atoms with Crippen LogP contribution < -0.4 is 5.32 Å². The molecule has 0 atom stereocenters. The van der Waals surface area contributed by atoms with Crippen LogP contribution in [0.2, 0.25) is 5.02 Å². The van der Waals surface area contributed by atoms with Crippen LogP contribution in [0.25, 0.3) is 11.0 Å². The highest BCUT2D eigenvalue weighted by molar-refractivity contribution is 6.31. The van der Waals surface area contributed by atoms with Crippen LogP contribution in [0.5, 0.6) is 0 Å². The van der Waals surface area contributed by atoms with Gasteiger partial charge in [0.05, 0.1) is 12.2 Å². The quantitative estimate of drug-likeness (QED) is 0.733. The maximum atomic E-state index is 6.23. The van der Waals surface area contributed by atoms with Crippen molar-refractivity contribution in [1.82, 2.24) is 25.2 Å². The van der Waals surface area contributed by atoms with Crippen LogP contribution in [0.15, 0.2) is 36.9 Å². The number of halogens is 1. The number of nitrogens with one attached hydrogen (secondary N) is 1. The molecule has 0 unspecified atom stereocenters. The molecule has 0 radical (unpaired) electrons. The van der Waals surface area contributed by atoms with E-state index in [1.165, 1.54) is 0 Å². The van der Waals surface area contributed by atoms with E-state index in [2.05, 4.69) is 32.4 Å². The SMILES string of the molecule is C=CCNc1nnc(C)c2nnn(Cc3ccccc3Cl)c12. The third-order valence-corrected chi connectivity index (χ3v) is 3.66. The summed E-state index contributed by atoms with van der Waals surface area (Å²) < 4.78 is 1.78.